The van der Waals surface area contributed by atoms with E-state index in [4.69, 9.17) is 0 Å². The molecule has 0 atom stereocenters. The monoisotopic (exact) mass is 359 g/mol. The van der Waals surface area contributed by atoms with Crippen LogP contribution in [0.5, 0.6) is 0 Å². The normalized spacial score (nSPS) is 20.5. The van der Waals surface area contributed by atoms with E-state index in [0.717, 1.165) is 55.6 Å². The minimum absolute atomic E-state index is 0.102. The van der Waals surface area contributed by atoms with Gasteiger partial charge in [0.05, 0.1) is 18.7 Å². The van der Waals surface area contributed by atoms with Crippen molar-refractivity contribution in [2.24, 2.45) is 4.99 Å². The van der Waals surface area contributed by atoms with E-state index in [0.29, 0.717) is 12.2 Å². The third-order valence-electron chi connectivity index (χ3n) is 4.93. The lowest BCUT2D eigenvalue weighted by molar-refractivity contribution is -0.131. The molecule has 1 N–H and O–H groups in total. The molecule has 4 heterocycles. The lowest BCUT2D eigenvalue weighted by Crippen LogP contribution is -2.39. The van der Waals surface area contributed by atoms with Crippen LogP contribution in [-0.2, 0) is 4.79 Å². The molecule has 0 unspecified atom stereocenters. The van der Waals surface area contributed by atoms with Crippen LogP contribution in [0, 0.1) is 6.92 Å². The number of aryl methyl sites for hydroxylation is 1. The number of nitrogens with one attached hydrogen (secondary N) is 1. The summed E-state index contributed by atoms with van der Waals surface area (Å²) in [6.07, 6.45) is 2.15. The first-order valence-corrected chi connectivity index (χ1v) is 9.51. The molecule has 0 radical (unpaired) electrons. The maximum Gasteiger partial charge on any atom is 0.251 e. The van der Waals surface area contributed by atoms with Crippen molar-refractivity contribution in [2.75, 3.05) is 26.2 Å². The second-order valence-electron chi connectivity index (χ2n) is 6.63. The van der Waals surface area contributed by atoms with E-state index in [2.05, 4.69) is 19.9 Å². The maximum atomic E-state index is 12.6. The summed E-state index contributed by atoms with van der Waals surface area (Å²) in [6.45, 7) is 4.95. The van der Waals surface area contributed by atoms with Crippen LogP contribution < -0.4 is 5.56 Å². The van der Waals surface area contributed by atoms with Crippen LogP contribution in [0.15, 0.2) is 27.0 Å². The molecule has 0 spiro atoms. The summed E-state index contributed by atoms with van der Waals surface area (Å²) >= 11 is 1.61. The molecule has 0 aliphatic carbocycles. The topological polar surface area (TPSA) is 81.7 Å². The number of carbonyl (C=O) groups is 1. The van der Waals surface area contributed by atoms with Crippen molar-refractivity contribution in [1.82, 2.24) is 19.8 Å². The molecule has 0 saturated carbocycles. The first-order valence-electron chi connectivity index (χ1n) is 8.63. The van der Waals surface area contributed by atoms with E-state index in [1.54, 1.807) is 24.8 Å². The zero-order chi connectivity index (χ0) is 17.4. The highest BCUT2D eigenvalue weighted by molar-refractivity contribution is 8.16. The van der Waals surface area contributed by atoms with Gasteiger partial charge in [-0.05, 0) is 25.2 Å². The molecule has 3 aliphatic rings. The second kappa shape index (κ2) is 6.67. The maximum absolute atomic E-state index is 12.6. The number of hydrogen-bond acceptors (Lipinski definition) is 6. The first-order chi connectivity index (χ1) is 12.1. The third-order valence-corrected chi connectivity index (χ3v) is 5.88. The smallest absolute Gasteiger partial charge is 0.251 e. The molecule has 0 bridgehead atoms. The van der Waals surface area contributed by atoms with Gasteiger partial charge in [0, 0.05) is 37.3 Å². The van der Waals surface area contributed by atoms with Crippen LogP contribution in [0.2, 0.25) is 0 Å². The van der Waals surface area contributed by atoms with Crippen LogP contribution in [-0.4, -0.2) is 57.0 Å². The Kier molecular flexibility index (Phi) is 4.37. The summed E-state index contributed by atoms with van der Waals surface area (Å²) in [5.41, 5.74) is 1.82. The average molecular weight is 359 g/mol. The average Bonchev–Trinajstić information content (AvgIpc) is 3.19. The fraction of sp³-hybridized carbons (Fsp3) is 0.529. The SMILES string of the molecule is Cc1nc(C2CCN(C(=O)CC3=CSC4=NCCN34)CC2)cc(=O)[nH]1. The third kappa shape index (κ3) is 3.35. The standard InChI is InChI=1S/C17H21N5O2S/c1-11-19-14(9-15(23)20-11)12-2-5-21(6-3-12)16(24)8-13-10-25-17-18-4-7-22(13)17/h9-10,12H,2-8H2,1H3,(H,19,20,23). The predicted octanol–water partition coefficient (Wildman–Crippen LogP) is 1.43. The van der Waals surface area contributed by atoms with E-state index in [1.807, 2.05) is 10.3 Å². The van der Waals surface area contributed by atoms with Gasteiger partial charge in [-0.15, -0.1) is 0 Å². The molecule has 132 valence electrons. The number of amidine groups is 1. The number of carbonyl (C=O) groups excluding carboxylic acids is 1. The van der Waals surface area contributed by atoms with Crippen LogP contribution in [0.4, 0.5) is 0 Å². The Morgan fingerprint density at radius 3 is 2.92 bits per heavy atom. The number of likely N-dealkylation sites (tertiary alicyclic amines) is 1. The molecule has 1 saturated heterocycles. The zero-order valence-corrected chi connectivity index (χ0v) is 15.0. The van der Waals surface area contributed by atoms with Crippen molar-refractivity contribution in [3.8, 4) is 0 Å². The fourth-order valence-electron chi connectivity index (χ4n) is 3.62. The Bertz CT molecular complexity index is 808. The van der Waals surface area contributed by atoms with E-state index < -0.39 is 0 Å². The molecule has 25 heavy (non-hydrogen) atoms. The molecule has 0 aromatic carbocycles. The van der Waals surface area contributed by atoms with Gasteiger partial charge in [0.25, 0.3) is 5.56 Å². The van der Waals surface area contributed by atoms with Crippen molar-refractivity contribution in [2.45, 2.75) is 32.1 Å². The quantitative estimate of drug-likeness (QED) is 0.883. The van der Waals surface area contributed by atoms with E-state index in [1.165, 1.54) is 0 Å². The summed E-state index contributed by atoms with van der Waals surface area (Å²) in [5, 5.41) is 3.07. The highest BCUT2D eigenvalue weighted by Gasteiger charge is 2.30. The summed E-state index contributed by atoms with van der Waals surface area (Å²) in [6, 6.07) is 1.59. The van der Waals surface area contributed by atoms with Crippen molar-refractivity contribution in [1.29, 1.82) is 0 Å². The number of aromatic amines is 1. The minimum atomic E-state index is -0.102. The Labute approximate surface area is 150 Å². The number of H-pyrrole nitrogens is 1. The van der Waals surface area contributed by atoms with Crippen molar-refractivity contribution < 1.29 is 4.79 Å². The molecular formula is C17H21N5O2S. The number of amides is 1. The Morgan fingerprint density at radius 1 is 1.36 bits per heavy atom. The molecular weight excluding hydrogens is 338 g/mol. The number of aromatic nitrogens is 2. The van der Waals surface area contributed by atoms with Gasteiger partial charge in [-0.2, -0.15) is 0 Å². The first kappa shape index (κ1) is 16.4. The van der Waals surface area contributed by atoms with Crippen molar-refractivity contribution in [3.05, 3.63) is 39.0 Å². The van der Waals surface area contributed by atoms with Gasteiger partial charge in [-0.1, -0.05) is 11.8 Å². The molecule has 1 fully saturated rings. The number of piperidine rings is 1. The number of thioether (sulfide) groups is 1. The summed E-state index contributed by atoms with van der Waals surface area (Å²) in [5.74, 6) is 1.08. The van der Waals surface area contributed by atoms with Gasteiger partial charge in [0.15, 0.2) is 5.17 Å². The lowest BCUT2D eigenvalue weighted by atomic mass is 9.93. The number of fused-ring (bicyclic) bond motifs is 1. The molecule has 1 aromatic rings. The minimum Gasteiger partial charge on any atom is -0.342 e. The van der Waals surface area contributed by atoms with Crippen LogP contribution >= 0.6 is 11.8 Å². The largest absolute Gasteiger partial charge is 0.342 e. The van der Waals surface area contributed by atoms with Crippen molar-refractivity contribution >= 4 is 22.8 Å². The Morgan fingerprint density at radius 2 is 2.16 bits per heavy atom. The van der Waals surface area contributed by atoms with Gasteiger partial charge in [-0.3, -0.25) is 14.6 Å². The number of rotatable bonds is 3. The summed E-state index contributed by atoms with van der Waals surface area (Å²) < 4.78 is 0. The van der Waals surface area contributed by atoms with Gasteiger partial charge < -0.3 is 14.8 Å². The van der Waals surface area contributed by atoms with Crippen LogP contribution in [0.3, 0.4) is 0 Å². The molecule has 7 nitrogen and oxygen atoms in total. The molecule has 8 heteroatoms. The molecule has 4 rings (SSSR count). The summed E-state index contributed by atoms with van der Waals surface area (Å²) in [7, 11) is 0. The Balaban J connectivity index is 1.34. The second-order valence-corrected chi connectivity index (χ2v) is 7.47. The Hall–Kier alpha value is -2.09. The zero-order valence-electron chi connectivity index (χ0n) is 14.2. The predicted molar refractivity (Wildman–Crippen MR) is 97.4 cm³/mol. The summed E-state index contributed by atoms with van der Waals surface area (Å²) in [4.78, 5) is 39.9. The highest BCUT2D eigenvalue weighted by Crippen LogP contribution is 2.32. The highest BCUT2D eigenvalue weighted by atomic mass is 32.2. The van der Waals surface area contributed by atoms with Gasteiger partial charge in [0.2, 0.25) is 5.91 Å². The van der Waals surface area contributed by atoms with Gasteiger partial charge in [-0.25, -0.2) is 4.98 Å². The number of aliphatic imine (C=N–C) groups is 1. The van der Waals surface area contributed by atoms with Gasteiger partial charge in [0.1, 0.15) is 5.82 Å². The number of nitrogens with zero attached hydrogens (tertiary/aromatic N) is 4. The van der Waals surface area contributed by atoms with Gasteiger partial charge >= 0.3 is 0 Å². The van der Waals surface area contributed by atoms with Crippen LogP contribution in [0.1, 0.15) is 36.7 Å². The number of hydrogen-bond donors (Lipinski definition) is 1. The van der Waals surface area contributed by atoms with E-state index in [9.17, 15) is 9.59 Å². The van der Waals surface area contributed by atoms with Crippen molar-refractivity contribution in [3.63, 3.8) is 0 Å². The molecule has 1 amide bonds. The van der Waals surface area contributed by atoms with E-state index >= 15 is 0 Å². The fourth-order valence-corrected chi connectivity index (χ4v) is 4.57. The van der Waals surface area contributed by atoms with E-state index in [-0.39, 0.29) is 17.4 Å². The lowest BCUT2D eigenvalue weighted by Gasteiger charge is -2.32. The van der Waals surface area contributed by atoms with Crippen LogP contribution in [0.25, 0.3) is 0 Å². The molecule has 1 aromatic heterocycles. The molecule has 3 aliphatic heterocycles.